The number of nitrogens with zero attached hydrogens (tertiary/aromatic N) is 2. The zero-order chi connectivity index (χ0) is 15.6. The molecular formula is C14H14F2N2O2S. The summed E-state index contributed by atoms with van der Waals surface area (Å²) >= 11 is 0. The van der Waals surface area contributed by atoms with Crippen LogP contribution >= 0.6 is 0 Å². The molecule has 0 radical (unpaired) electrons. The van der Waals surface area contributed by atoms with Crippen molar-refractivity contribution in [3.63, 3.8) is 0 Å². The number of halogens is 2. The molecule has 0 saturated carbocycles. The number of hydrogen-bond acceptors (Lipinski definition) is 3. The number of aromatic nitrogens is 1. The number of benzene rings is 1. The van der Waals surface area contributed by atoms with Gasteiger partial charge in [0.15, 0.2) is 5.82 Å². The molecule has 0 spiro atoms. The van der Waals surface area contributed by atoms with Gasteiger partial charge in [-0.1, -0.05) is 12.1 Å². The quantitative estimate of drug-likeness (QED) is 0.872. The monoisotopic (exact) mass is 312 g/mol. The lowest BCUT2D eigenvalue weighted by atomic mass is 10.1. The average Bonchev–Trinajstić information content (AvgIpc) is 2.46. The standard InChI is InChI=1S/C14H14F2N2O2S/c1-10(11-5-7-12(15)8-6-11)18(2)21(19,20)14-13(16)4-3-9-17-14/h3-10H,1-2H3. The summed E-state index contributed by atoms with van der Waals surface area (Å²) in [7, 11) is -2.74. The molecule has 21 heavy (non-hydrogen) atoms. The summed E-state index contributed by atoms with van der Waals surface area (Å²) in [4.78, 5) is 3.60. The number of sulfonamides is 1. The van der Waals surface area contributed by atoms with E-state index in [1.807, 2.05) is 0 Å². The van der Waals surface area contributed by atoms with Gasteiger partial charge >= 0.3 is 0 Å². The van der Waals surface area contributed by atoms with E-state index in [9.17, 15) is 17.2 Å². The van der Waals surface area contributed by atoms with Crippen LogP contribution in [0.1, 0.15) is 18.5 Å². The van der Waals surface area contributed by atoms with Gasteiger partial charge < -0.3 is 0 Å². The molecule has 0 N–H and O–H groups in total. The molecule has 0 aliphatic heterocycles. The fourth-order valence-corrected chi connectivity index (χ4v) is 3.18. The van der Waals surface area contributed by atoms with Crippen LogP contribution in [-0.2, 0) is 10.0 Å². The number of pyridine rings is 1. The first-order valence-electron chi connectivity index (χ1n) is 6.18. The van der Waals surface area contributed by atoms with Crippen LogP contribution in [0.3, 0.4) is 0 Å². The Morgan fingerprint density at radius 2 is 1.76 bits per heavy atom. The molecule has 0 aliphatic carbocycles. The third-order valence-electron chi connectivity index (χ3n) is 3.25. The summed E-state index contributed by atoms with van der Waals surface area (Å²) in [5.74, 6) is -1.32. The van der Waals surface area contributed by atoms with Crippen molar-refractivity contribution in [2.75, 3.05) is 7.05 Å². The Morgan fingerprint density at radius 1 is 1.14 bits per heavy atom. The maximum atomic E-state index is 13.6. The SMILES string of the molecule is CC(c1ccc(F)cc1)N(C)S(=O)(=O)c1ncccc1F. The van der Waals surface area contributed by atoms with E-state index < -0.39 is 32.7 Å². The predicted octanol–water partition coefficient (Wildman–Crippen LogP) is 2.74. The second-order valence-electron chi connectivity index (χ2n) is 4.54. The molecule has 0 aliphatic rings. The third kappa shape index (κ3) is 3.08. The van der Waals surface area contributed by atoms with Gasteiger partial charge in [-0.3, -0.25) is 0 Å². The highest BCUT2D eigenvalue weighted by Crippen LogP contribution is 2.25. The van der Waals surface area contributed by atoms with Crippen LogP contribution in [0.5, 0.6) is 0 Å². The van der Waals surface area contributed by atoms with E-state index in [0.717, 1.165) is 10.4 Å². The van der Waals surface area contributed by atoms with Crippen LogP contribution in [0.2, 0.25) is 0 Å². The lowest BCUT2D eigenvalue weighted by Gasteiger charge is -2.24. The Hall–Kier alpha value is -1.86. The maximum absolute atomic E-state index is 13.6. The van der Waals surface area contributed by atoms with E-state index in [-0.39, 0.29) is 0 Å². The minimum Gasteiger partial charge on any atom is -0.241 e. The molecule has 2 rings (SSSR count). The normalized spacial score (nSPS) is 13.4. The highest BCUT2D eigenvalue weighted by Gasteiger charge is 2.30. The molecule has 0 amide bonds. The van der Waals surface area contributed by atoms with Crippen molar-refractivity contribution in [2.24, 2.45) is 0 Å². The summed E-state index contributed by atoms with van der Waals surface area (Å²) in [6, 6.07) is 7.23. The van der Waals surface area contributed by atoms with Crippen molar-refractivity contribution < 1.29 is 17.2 Å². The summed E-state index contributed by atoms with van der Waals surface area (Å²) in [6.07, 6.45) is 1.21. The molecule has 112 valence electrons. The van der Waals surface area contributed by atoms with E-state index in [1.165, 1.54) is 43.6 Å². The minimum absolute atomic E-state index is 0.410. The van der Waals surface area contributed by atoms with Crippen LogP contribution in [0, 0.1) is 11.6 Å². The van der Waals surface area contributed by atoms with Gasteiger partial charge in [-0.25, -0.2) is 22.2 Å². The Balaban J connectivity index is 2.36. The Morgan fingerprint density at radius 3 is 2.33 bits per heavy atom. The third-order valence-corrected chi connectivity index (χ3v) is 5.11. The van der Waals surface area contributed by atoms with Crippen LogP contribution in [0.25, 0.3) is 0 Å². The molecule has 1 aromatic heterocycles. The van der Waals surface area contributed by atoms with Crippen molar-refractivity contribution in [1.29, 1.82) is 0 Å². The van der Waals surface area contributed by atoms with E-state index in [2.05, 4.69) is 4.98 Å². The molecule has 4 nitrogen and oxygen atoms in total. The van der Waals surface area contributed by atoms with Crippen LogP contribution < -0.4 is 0 Å². The van der Waals surface area contributed by atoms with Crippen LogP contribution in [-0.4, -0.2) is 24.8 Å². The first kappa shape index (κ1) is 15.5. The van der Waals surface area contributed by atoms with Gasteiger partial charge in [-0.15, -0.1) is 0 Å². The molecule has 2 aromatic rings. The van der Waals surface area contributed by atoms with Gasteiger partial charge in [0, 0.05) is 19.3 Å². The van der Waals surface area contributed by atoms with E-state index in [1.54, 1.807) is 6.92 Å². The van der Waals surface area contributed by atoms with Gasteiger partial charge in [0.1, 0.15) is 5.82 Å². The molecule has 1 unspecified atom stereocenters. The minimum atomic E-state index is -4.07. The molecule has 1 aromatic carbocycles. The fourth-order valence-electron chi connectivity index (χ4n) is 1.86. The van der Waals surface area contributed by atoms with Crippen molar-refractivity contribution in [3.05, 3.63) is 59.8 Å². The second kappa shape index (κ2) is 5.87. The average molecular weight is 312 g/mol. The molecule has 7 heteroatoms. The maximum Gasteiger partial charge on any atom is 0.263 e. The number of rotatable bonds is 4. The predicted molar refractivity (Wildman–Crippen MR) is 74.0 cm³/mol. The van der Waals surface area contributed by atoms with Gasteiger partial charge in [0.05, 0.1) is 0 Å². The zero-order valence-corrected chi connectivity index (χ0v) is 12.3. The summed E-state index contributed by atoms with van der Waals surface area (Å²) in [5, 5.41) is -0.624. The van der Waals surface area contributed by atoms with Gasteiger partial charge in [-0.2, -0.15) is 4.31 Å². The van der Waals surface area contributed by atoms with Crippen molar-refractivity contribution >= 4 is 10.0 Å². The highest BCUT2D eigenvalue weighted by molar-refractivity contribution is 7.89. The summed E-state index contributed by atoms with van der Waals surface area (Å²) in [6.45, 7) is 1.63. The molecular weight excluding hydrogens is 298 g/mol. The topological polar surface area (TPSA) is 50.3 Å². The van der Waals surface area contributed by atoms with E-state index >= 15 is 0 Å². The van der Waals surface area contributed by atoms with Gasteiger partial charge in [0.2, 0.25) is 5.03 Å². The Labute approximate surface area is 122 Å². The van der Waals surface area contributed by atoms with Gasteiger partial charge in [-0.05, 0) is 36.8 Å². The summed E-state index contributed by atoms with van der Waals surface area (Å²) < 4.78 is 52.3. The lowest BCUT2D eigenvalue weighted by Crippen LogP contribution is -2.31. The molecule has 0 fully saturated rings. The van der Waals surface area contributed by atoms with Gasteiger partial charge in [0.25, 0.3) is 10.0 Å². The molecule has 1 heterocycles. The molecule has 1 atom stereocenters. The Bertz CT molecular complexity index is 733. The van der Waals surface area contributed by atoms with Crippen molar-refractivity contribution in [3.8, 4) is 0 Å². The zero-order valence-electron chi connectivity index (χ0n) is 11.5. The highest BCUT2D eigenvalue weighted by atomic mass is 32.2. The first-order chi connectivity index (χ1) is 9.84. The van der Waals surface area contributed by atoms with Crippen molar-refractivity contribution in [1.82, 2.24) is 9.29 Å². The van der Waals surface area contributed by atoms with E-state index in [0.29, 0.717) is 5.56 Å². The van der Waals surface area contributed by atoms with Crippen molar-refractivity contribution in [2.45, 2.75) is 18.0 Å². The van der Waals surface area contributed by atoms with Crippen LogP contribution in [0.15, 0.2) is 47.6 Å². The van der Waals surface area contributed by atoms with E-state index in [4.69, 9.17) is 0 Å². The number of hydrogen-bond donors (Lipinski definition) is 0. The molecule has 0 saturated heterocycles. The largest absolute Gasteiger partial charge is 0.263 e. The van der Waals surface area contributed by atoms with Crippen LogP contribution in [0.4, 0.5) is 8.78 Å². The first-order valence-corrected chi connectivity index (χ1v) is 7.62. The second-order valence-corrected chi connectivity index (χ2v) is 6.45. The summed E-state index contributed by atoms with van der Waals surface area (Å²) in [5.41, 5.74) is 0.596. The fraction of sp³-hybridized carbons (Fsp3) is 0.214. The smallest absolute Gasteiger partial charge is 0.241 e. The molecule has 0 bridgehead atoms. The lowest BCUT2D eigenvalue weighted by molar-refractivity contribution is 0.392. The Kier molecular flexibility index (Phi) is 4.34.